The van der Waals surface area contributed by atoms with Gasteiger partial charge in [0.05, 0.1) is 12.0 Å². The molecule has 0 aliphatic heterocycles. The third kappa shape index (κ3) is 6.02. The first-order valence-corrected chi connectivity index (χ1v) is 7.61. The van der Waals surface area contributed by atoms with E-state index >= 15 is 0 Å². The molecule has 1 aromatic carbocycles. The Balaban J connectivity index is 2.40. The zero-order valence-electron chi connectivity index (χ0n) is 13.2. The van der Waals surface area contributed by atoms with E-state index in [0.29, 0.717) is 11.4 Å². The van der Waals surface area contributed by atoms with Crippen LogP contribution in [-0.4, -0.2) is 18.6 Å². The Hall–Kier alpha value is -1.78. The molecular formula is C16H26N2O3. The Morgan fingerprint density at radius 1 is 1.24 bits per heavy atom. The third-order valence-corrected chi connectivity index (χ3v) is 3.43. The van der Waals surface area contributed by atoms with Crippen LogP contribution in [0.3, 0.4) is 0 Å². The maximum Gasteiger partial charge on any atom is 0.333 e. The number of ether oxygens (including phenoxy) is 1. The van der Waals surface area contributed by atoms with E-state index < -0.39 is 4.92 Å². The molecule has 1 rings (SSSR count). The lowest BCUT2D eigenvalue weighted by Gasteiger charge is -2.09. The quantitative estimate of drug-likeness (QED) is 0.388. The Labute approximate surface area is 126 Å². The van der Waals surface area contributed by atoms with Crippen LogP contribution < -0.4 is 10.1 Å². The van der Waals surface area contributed by atoms with Crippen LogP contribution >= 0.6 is 0 Å². The number of nitrogens with zero attached hydrogens (tertiary/aromatic N) is 1. The molecule has 0 heterocycles. The van der Waals surface area contributed by atoms with Crippen molar-refractivity contribution < 1.29 is 9.66 Å². The summed E-state index contributed by atoms with van der Waals surface area (Å²) in [6, 6.07) is 5.09. The van der Waals surface area contributed by atoms with Gasteiger partial charge in [0.15, 0.2) is 5.75 Å². The molecule has 1 N–H and O–H groups in total. The van der Waals surface area contributed by atoms with Crippen LogP contribution in [0.2, 0.25) is 0 Å². The van der Waals surface area contributed by atoms with E-state index in [-0.39, 0.29) is 5.69 Å². The van der Waals surface area contributed by atoms with Crippen molar-refractivity contribution in [1.82, 2.24) is 0 Å². The second-order valence-corrected chi connectivity index (χ2v) is 5.64. The van der Waals surface area contributed by atoms with Crippen LogP contribution in [0.15, 0.2) is 18.2 Å². The fourth-order valence-corrected chi connectivity index (χ4v) is 2.27. The van der Waals surface area contributed by atoms with Gasteiger partial charge in [-0.3, -0.25) is 10.1 Å². The molecule has 1 aromatic rings. The van der Waals surface area contributed by atoms with Crippen LogP contribution in [0.5, 0.6) is 5.75 Å². The molecular weight excluding hydrogens is 268 g/mol. The van der Waals surface area contributed by atoms with Crippen molar-refractivity contribution in [2.45, 2.75) is 46.0 Å². The van der Waals surface area contributed by atoms with Gasteiger partial charge in [0.1, 0.15) is 5.69 Å². The summed E-state index contributed by atoms with van der Waals surface area (Å²) in [5.41, 5.74) is 0.543. The molecule has 0 amide bonds. The standard InChI is InChI=1S/C16H26N2O3/c1-13(2)9-6-4-5-7-12-17-14-10-8-11-15(21-3)16(14)18(19)20/h8,10-11,13,17H,4-7,9,12H2,1-3H3. The van der Waals surface area contributed by atoms with Crippen molar-refractivity contribution in [3.8, 4) is 5.75 Å². The van der Waals surface area contributed by atoms with Gasteiger partial charge in [0.25, 0.3) is 0 Å². The molecule has 5 nitrogen and oxygen atoms in total. The smallest absolute Gasteiger partial charge is 0.333 e. The highest BCUT2D eigenvalue weighted by molar-refractivity contribution is 5.68. The number of rotatable bonds is 10. The summed E-state index contributed by atoms with van der Waals surface area (Å²) in [5, 5.41) is 14.3. The number of para-hydroxylation sites is 1. The molecule has 0 aromatic heterocycles. The van der Waals surface area contributed by atoms with Gasteiger partial charge < -0.3 is 10.1 Å². The van der Waals surface area contributed by atoms with E-state index in [2.05, 4.69) is 19.2 Å². The van der Waals surface area contributed by atoms with E-state index in [0.717, 1.165) is 25.3 Å². The third-order valence-electron chi connectivity index (χ3n) is 3.43. The average molecular weight is 294 g/mol. The highest BCUT2D eigenvalue weighted by Gasteiger charge is 2.19. The number of nitro groups is 1. The monoisotopic (exact) mass is 294 g/mol. The molecule has 0 aliphatic rings. The predicted octanol–water partition coefficient (Wildman–Crippen LogP) is 4.62. The maximum absolute atomic E-state index is 11.1. The lowest BCUT2D eigenvalue weighted by atomic mass is 10.0. The fourth-order valence-electron chi connectivity index (χ4n) is 2.27. The molecule has 0 fully saturated rings. The lowest BCUT2D eigenvalue weighted by molar-refractivity contribution is -0.384. The number of nitro benzene ring substituents is 1. The van der Waals surface area contributed by atoms with Gasteiger partial charge in [-0.25, -0.2) is 0 Å². The molecule has 0 bridgehead atoms. The summed E-state index contributed by atoms with van der Waals surface area (Å²) in [5.74, 6) is 1.06. The molecule has 0 aliphatic carbocycles. The Kier molecular flexibility index (Phi) is 7.58. The van der Waals surface area contributed by atoms with Gasteiger partial charge in [0.2, 0.25) is 0 Å². The zero-order chi connectivity index (χ0) is 15.7. The number of nitrogens with one attached hydrogen (secondary N) is 1. The summed E-state index contributed by atoms with van der Waals surface area (Å²) in [6.07, 6.45) is 5.93. The summed E-state index contributed by atoms with van der Waals surface area (Å²) >= 11 is 0. The summed E-state index contributed by atoms with van der Waals surface area (Å²) in [7, 11) is 1.45. The van der Waals surface area contributed by atoms with E-state index in [1.165, 1.54) is 26.4 Å². The van der Waals surface area contributed by atoms with Gasteiger partial charge in [-0.1, -0.05) is 45.6 Å². The largest absolute Gasteiger partial charge is 0.490 e. The average Bonchev–Trinajstić information content (AvgIpc) is 2.45. The lowest BCUT2D eigenvalue weighted by Crippen LogP contribution is -2.05. The topological polar surface area (TPSA) is 64.4 Å². The number of methoxy groups -OCH3 is 1. The number of anilines is 1. The first-order valence-electron chi connectivity index (χ1n) is 7.61. The normalized spacial score (nSPS) is 10.7. The molecule has 0 atom stereocenters. The predicted molar refractivity (Wildman–Crippen MR) is 86.1 cm³/mol. The van der Waals surface area contributed by atoms with Gasteiger partial charge in [-0.15, -0.1) is 0 Å². The van der Waals surface area contributed by atoms with Gasteiger partial charge in [-0.05, 0) is 24.5 Å². The molecule has 5 heteroatoms. The van der Waals surface area contributed by atoms with Crippen LogP contribution in [0.1, 0.15) is 46.0 Å². The van der Waals surface area contributed by atoms with Gasteiger partial charge in [-0.2, -0.15) is 0 Å². The zero-order valence-corrected chi connectivity index (χ0v) is 13.2. The summed E-state index contributed by atoms with van der Waals surface area (Å²) < 4.78 is 5.05. The molecule has 0 saturated carbocycles. The number of benzene rings is 1. The molecule has 118 valence electrons. The van der Waals surface area contributed by atoms with Crippen LogP contribution in [0, 0.1) is 16.0 Å². The second kappa shape index (κ2) is 9.21. The minimum Gasteiger partial charge on any atom is -0.490 e. The van der Waals surface area contributed by atoms with Crippen molar-refractivity contribution in [3.05, 3.63) is 28.3 Å². The highest BCUT2D eigenvalue weighted by Crippen LogP contribution is 2.34. The SMILES string of the molecule is COc1cccc(NCCCCCCC(C)C)c1[N+](=O)[O-]. The van der Waals surface area contributed by atoms with Crippen LogP contribution in [0.25, 0.3) is 0 Å². The molecule has 0 radical (unpaired) electrons. The minimum atomic E-state index is -0.399. The number of hydrogen-bond donors (Lipinski definition) is 1. The van der Waals surface area contributed by atoms with Crippen LogP contribution in [0.4, 0.5) is 11.4 Å². The molecule has 0 unspecified atom stereocenters. The maximum atomic E-state index is 11.1. The van der Waals surface area contributed by atoms with Crippen molar-refractivity contribution >= 4 is 11.4 Å². The van der Waals surface area contributed by atoms with E-state index in [1.807, 2.05) is 0 Å². The first kappa shape index (κ1) is 17.3. The Morgan fingerprint density at radius 2 is 1.95 bits per heavy atom. The van der Waals surface area contributed by atoms with E-state index in [1.54, 1.807) is 18.2 Å². The van der Waals surface area contributed by atoms with Crippen molar-refractivity contribution in [2.75, 3.05) is 19.0 Å². The van der Waals surface area contributed by atoms with Crippen molar-refractivity contribution in [2.24, 2.45) is 5.92 Å². The highest BCUT2D eigenvalue weighted by atomic mass is 16.6. The number of unbranched alkanes of at least 4 members (excludes halogenated alkanes) is 3. The first-order chi connectivity index (χ1) is 10.1. The van der Waals surface area contributed by atoms with Gasteiger partial charge in [0, 0.05) is 6.54 Å². The molecule has 0 saturated heterocycles. The molecule has 21 heavy (non-hydrogen) atoms. The minimum absolute atomic E-state index is 0.0137. The summed E-state index contributed by atoms with van der Waals surface area (Å²) in [4.78, 5) is 10.7. The van der Waals surface area contributed by atoms with E-state index in [4.69, 9.17) is 4.74 Å². The fraction of sp³-hybridized carbons (Fsp3) is 0.625. The summed E-state index contributed by atoms with van der Waals surface area (Å²) in [6.45, 7) is 5.22. The Bertz CT molecular complexity index is 447. The second-order valence-electron chi connectivity index (χ2n) is 5.64. The van der Waals surface area contributed by atoms with Gasteiger partial charge >= 0.3 is 5.69 Å². The number of hydrogen-bond acceptors (Lipinski definition) is 4. The molecule has 0 spiro atoms. The van der Waals surface area contributed by atoms with E-state index in [9.17, 15) is 10.1 Å². The van der Waals surface area contributed by atoms with Crippen LogP contribution in [-0.2, 0) is 0 Å². The van der Waals surface area contributed by atoms with Crippen molar-refractivity contribution in [1.29, 1.82) is 0 Å². The van der Waals surface area contributed by atoms with Crippen molar-refractivity contribution in [3.63, 3.8) is 0 Å². The Morgan fingerprint density at radius 3 is 2.57 bits per heavy atom.